The van der Waals surface area contributed by atoms with Crippen molar-refractivity contribution in [3.8, 4) is 11.3 Å². The van der Waals surface area contributed by atoms with E-state index in [2.05, 4.69) is 20.3 Å². The van der Waals surface area contributed by atoms with Gasteiger partial charge in [-0.3, -0.25) is 14.2 Å². The van der Waals surface area contributed by atoms with Gasteiger partial charge in [-0.2, -0.15) is 0 Å². The van der Waals surface area contributed by atoms with Crippen LogP contribution in [0.25, 0.3) is 27.8 Å². The number of benzene rings is 2. The van der Waals surface area contributed by atoms with Gasteiger partial charge in [-0.1, -0.05) is 24.3 Å². The molecule has 3 aromatic heterocycles. The highest BCUT2D eigenvalue weighted by Crippen LogP contribution is 2.24. The molecule has 0 saturated heterocycles. The second-order valence-corrected chi connectivity index (χ2v) is 8.30. The topological polar surface area (TPSA) is 112 Å². The van der Waals surface area contributed by atoms with Crippen LogP contribution in [0.4, 0.5) is 4.39 Å². The van der Waals surface area contributed by atoms with Crippen LogP contribution in [0.3, 0.4) is 0 Å². The van der Waals surface area contributed by atoms with Crippen LogP contribution in [0.5, 0.6) is 0 Å². The smallest absolute Gasteiger partial charge is 0.331 e. The molecule has 1 amide bonds. The molecule has 0 fully saturated rings. The molecule has 3 heterocycles. The zero-order valence-electron chi connectivity index (χ0n) is 18.8. The number of carbonyl (C=O) groups is 1. The standard InChI is InChI=1S/C26H22FN5O3/c1-15-3-2-4-21-19(15)11-17(13-28-21)22-12-24-29-23(14-32(24)26(35)31-22)25(34)30-20(9-10-33)16-5-7-18(27)8-6-16/h2-8,11-14,20,33H,9-10H2,1H3,(H,30,34)(H,31,35). The number of halogens is 1. The van der Waals surface area contributed by atoms with E-state index in [1.807, 2.05) is 31.2 Å². The number of aromatic amines is 1. The zero-order valence-corrected chi connectivity index (χ0v) is 18.8. The number of hydrogen-bond acceptors (Lipinski definition) is 5. The number of nitrogens with zero attached hydrogens (tertiary/aromatic N) is 3. The highest BCUT2D eigenvalue weighted by Gasteiger charge is 2.19. The molecule has 0 saturated carbocycles. The minimum atomic E-state index is -0.543. The predicted molar refractivity (Wildman–Crippen MR) is 130 cm³/mol. The van der Waals surface area contributed by atoms with Crippen molar-refractivity contribution < 1.29 is 14.3 Å². The summed E-state index contributed by atoms with van der Waals surface area (Å²) in [6, 6.07) is 14.6. The molecule has 1 atom stereocenters. The molecule has 0 radical (unpaired) electrons. The zero-order chi connectivity index (χ0) is 24.5. The molecule has 5 aromatic rings. The minimum absolute atomic E-state index is 0.0465. The summed E-state index contributed by atoms with van der Waals surface area (Å²) in [7, 11) is 0. The number of pyridine rings is 1. The van der Waals surface area contributed by atoms with Crippen LogP contribution in [-0.4, -0.2) is 37.0 Å². The molecule has 176 valence electrons. The van der Waals surface area contributed by atoms with Gasteiger partial charge in [-0.15, -0.1) is 0 Å². The highest BCUT2D eigenvalue weighted by atomic mass is 19.1. The maximum atomic E-state index is 13.3. The SMILES string of the molecule is Cc1cccc2ncc(-c3cc4nc(C(=O)NC(CCO)c5ccc(F)cc5)cn4c(=O)[nH]3)cc12. The molecule has 8 nitrogen and oxygen atoms in total. The second kappa shape index (κ2) is 9.11. The Labute approximate surface area is 199 Å². The number of imidazole rings is 1. The van der Waals surface area contributed by atoms with E-state index < -0.39 is 23.5 Å². The Hall–Kier alpha value is -4.37. The van der Waals surface area contributed by atoms with Crippen molar-refractivity contribution in [1.82, 2.24) is 24.7 Å². The van der Waals surface area contributed by atoms with Crippen molar-refractivity contribution in [3.05, 3.63) is 100 Å². The van der Waals surface area contributed by atoms with Crippen LogP contribution in [0.1, 0.15) is 34.1 Å². The molecular weight excluding hydrogens is 449 g/mol. The molecule has 0 aliphatic rings. The Morgan fingerprint density at radius 1 is 1.20 bits per heavy atom. The van der Waals surface area contributed by atoms with Gasteiger partial charge in [0.25, 0.3) is 5.91 Å². The summed E-state index contributed by atoms with van der Waals surface area (Å²) in [6.45, 7) is 1.82. The number of amides is 1. The van der Waals surface area contributed by atoms with Gasteiger partial charge in [0.1, 0.15) is 17.2 Å². The average molecular weight is 471 g/mol. The molecule has 5 rings (SSSR count). The van der Waals surface area contributed by atoms with Crippen molar-refractivity contribution in [2.24, 2.45) is 0 Å². The summed E-state index contributed by atoms with van der Waals surface area (Å²) in [5.74, 6) is -0.907. The molecule has 0 spiro atoms. The molecule has 0 aliphatic heterocycles. The predicted octanol–water partition coefficient (Wildman–Crippen LogP) is 3.54. The first-order chi connectivity index (χ1) is 16.9. The van der Waals surface area contributed by atoms with Crippen LogP contribution < -0.4 is 11.0 Å². The quantitative estimate of drug-likeness (QED) is 0.351. The van der Waals surface area contributed by atoms with Gasteiger partial charge < -0.3 is 15.4 Å². The first-order valence-electron chi connectivity index (χ1n) is 11.1. The van der Waals surface area contributed by atoms with E-state index in [4.69, 9.17) is 0 Å². The molecule has 2 aromatic carbocycles. The largest absolute Gasteiger partial charge is 0.396 e. The van der Waals surface area contributed by atoms with Gasteiger partial charge in [0.05, 0.1) is 17.3 Å². The summed E-state index contributed by atoms with van der Waals surface area (Å²) in [5.41, 5.74) is 3.73. The van der Waals surface area contributed by atoms with Gasteiger partial charge in [-0.05, 0) is 48.7 Å². The van der Waals surface area contributed by atoms with Crippen molar-refractivity contribution in [2.75, 3.05) is 6.61 Å². The average Bonchev–Trinajstić information content (AvgIpc) is 3.30. The van der Waals surface area contributed by atoms with Crippen LogP contribution >= 0.6 is 0 Å². The number of nitrogens with one attached hydrogen (secondary N) is 2. The molecule has 0 bridgehead atoms. The van der Waals surface area contributed by atoms with Crippen molar-refractivity contribution in [2.45, 2.75) is 19.4 Å². The Kier molecular flexibility index (Phi) is 5.84. The third kappa shape index (κ3) is 4.41. The third-order valence-corrected chi connectivity index (χ3v) is 5.95. The van der Waals surface area contributed by atoms with Crippen LogP contribution in [-0.2, 0) is 0 Å². The van der Waals surface area contributed by atoms with E-state index in [9.17, 15) is 19.1 Å². The molecule has 1 unspecified atom stereocenters. The number of aliphatic hydroxyl groups excluding tert-OH is 1. The molecule has 0 aliphatic carbocycles. The fourth-order valence-electron chi connectivity index (χ4n) is 4.09. The Morgan fingerprint density at radius 3 is 2.77 bits per heavy atom. The summed E-state index contributed by atoms with van der Waals surface area (Å²) in [6.07, 6.45) is 3.28. The van der Waals surface area contributed by atoms with E-state index in [1.165, 1.54) is 22.7 Å². The van der Waals surface area contributed by atoms with E-state index in [1.54, 1.807) is 24.4 Å². The number of aliphatic hydroxyl groups is 1. The number of H-pyrrole nitrogens is 1. The van der Waals surface area contributed by atoms with Crippen LogP contribution in [0.2, 0.25) is 0 Å². The summed E-state index contributed by atoms with van der Waals surface area (Å²) < 4.78 is 14.5. The van der Waals surface area contributed by atoms with E-state index >= 15 is 0 Å². The maximum absolute atomic E-state index is 13.3. The number of carbonyl (C=O) groups excluding carboxylic acids is 1. The van der Waals surface area contributed by atoms with Gasteiger partial charge in [0.2, 0.25) is 0 Å². The summed E-state index contributed by atoms with van der Waals surface area (Å²) in [5, 5.41) is 13.2. The Morgan fingerprint density at radius 2 is 2.00 bits per heavy atom. The lowest BCUT2D eigenvalue weighted by Crippen LogP contribution is -2.29. The van der Waals surface area contributed by atoms with Crippen molar-refractivity contribution >= 4 is 22.5 Å². The van der Waals surface area contributed by atoms with Crippen LogP contribution in [0, 0.1) is 12.7 Å². The summed E-state index contributed by atoms with van der Waals surface area (Å²) >= 11 is 0. The number of hydrogen-bond donors (Lipinski definition) is 3. The lowest BCUT2D eigenvalue weighted by atomic mass is 10.0. The first-order valence-corrected chi connectivity index (χ1v) is 11.1. The minimum Gasteiger partial charge on any atom is -0.396 e. The third-order valence-electron chi connectivity index (χ3n) is 5.95. The van der Waals surface area contributed by atoms with Crippen LogP contribution in [0.15, 0.2) is 71.8 Å². The first kappa shape index (κ1) is 22.4. The van der Waals surface area contributed by atoms with E-state index in [0.29, 0.717) is 16.9 Å². The lowest BCUT2D eigenvalue weighted by Gasteiger charge is -2.17. The number of rotatable bonds is 6. The van der Waals surface area contributed by atoms with E-state index in [0.717, 1.165) is 22.0 Å². The molecule has 3 N–H and O–H groups in total. The molecular formula is C26H22FN5O3. The summed E-state index contributed by atoms with van der Waals surface area (Å²) in [4.78, 5) is 37.3. The van der Waals surface area contributed by atoms with E-state index in [-0.39, 0.29) is 18.7 Å². The second-order valence-electron chi connectivity index (χ2n) is 8.30. The number of fused-ring (bicyclic) bond motifs is 2. The van der Waals surface area contributed by atoms with Gasteiger partial charge in [0.15, 0.2) is 0 Å². The number of aromatic nitrogens is 4. The monoisotopic (exact) mass is 471 g/mol. The number of aryl methyl sites for hydroxylation is 1. The fraction of sp³-hybridized carbons (Fsp3) is 0.154. The molecule has 35 heavy (non-hydrogen) atoms. The maximum Gasteiger partial charge on any atom is 0.331 e. The van der Waals surface area contributed by atoms with Crippen molar-refractivity contribution in [3.63, 3.8) is 0 Å². The van der Waals surface area contributed by atoms with Gasteiger partial charge >= 0.3 is 5.69 Å². The van der Waals surface area contributed by atoms with Gasteiger partial charge in [0, 0.05) is 36.0 Å². The van der Waals surface area contributed by atoms with Crippen molar-refractivity contribution in [1.29, 1.82) is 0 Å². The molecule has 9 heteroatoms. The van der Waals surface area contributed by atoms with Gasteiger partial charge in [-0.25, -0.2) is 14.2 Å². The lowest BCUT2D eigenvalue weighted by molar-refractivity contribution is 0.0925. The highest BCUT2D eigenvalue weighted by molar-refractivity contribution is 5.93. The Balaban J connectivity index is 1.47. The fourth-order valence-corrected chi connectivity index (χ4v) is 4.09. The Bertz CT molecular complexity index is 1610. The normalized spacial score (nSPS) is 12.2.